The first-order chi connectivity index (χ1) is 10.5. The quantitative estimate of drug-likeness (QED) is 0.826. The number of rotatable bonds is 2. The van der Waals surface area contributed by atoms with Crippen LogP contribution in [0.5, 0.6) is 5.75 Å². The first kappa shape index (κ1) is 14.6. The highest BCUT2D eigenvalue weighted by Gasteiger charge is 2.51. The van der Waals surface area contributed by atoms with Gasteiger partial charge in [-0.15, -0.1) is 0 Å². The molecular formula is C15H19N3O4. The summed E-state index contributed by atoms with van der Waals surface area (Å²) in [6.07, 6.45) is -1.01. The number of aliphatic hydroxyl groups is 1. The first-order valence-electron chi connectivity index (χ1n) is 7.16. The smallest absolute Gasteiger partial charge is 0.321 e. The van der Waals surface area contributed by atoms with Crippen molar-refractivity contribution in [3.05, 3.63) is 24.3 Å². The van der Waals surface area contributed by atoms with E-state index in [1.807, 2.05) is 0 Å². The Bertz CT molecular complexity index is 569. The number of likely N-dealkylation sites (N-methyl/N-ethyl adjacent to an activating group) is 1. The summed E-state index contributed by atoms with van der Waals surface area (Å²) < 4.78 is 5.07. The zero-order valence-electron chi connectivity index (χ0n) is 12.5. The molecule has 0 radical (unpaired) electrons. The Morgan fingerprint density at radius 1 is 1.32 bits per heavy atom. The van der Waals surface area contributed by atoms with Gasteiger partial charge in [0, 0.05) is 31.7 Å². The fourth-order valence-corrected chi connectivity index (χ4v) is 3.13. The average molecular weight is 305 g/mol. The number of benzene rings is 1. The van der Waals surface area contributed by atoms with Gasteiger partial charge in [0.25, 0.3) is 5.91 Å². The maximum atomic E-state index is 12.3. The van der Waals surface area contributed by atoms with Crippen LogP contribution in [-0.4, -0.2) is 66.2 Å². The summed E-state index contributed by atoms with van der Waals surface area (Å²) >= 11 is 0. The molecule has 2 fully saturated rings. The van der Waals surface area contributed by atoms with Crippen molar-refractivity contribution < 1.29 is 19.4 Å². The Morgan fingerprint density at radius 3 is 2.59 bits per heavy atom. The number of nitrogens with one attached hydrogen (secondary N) is 1. The lowest BCUT2D eigenvalue weighted by Crippen LogP contribution is -2.40. The van der Waals surface area contributed by atoms with Crippen LogP contribution in [0.2, 0.25) is 0 Å². The molecule has 1 aromatic rings. The van der Waals surface area contributed by atoms with Gasteiger partial charge in [0.15, 0.2) is 0 Å². The summed E-state index contributed by atoms with van der Waals surface area (Å²) in [5, 5.41) is 12.7. The van der Waals surface area contributed by atoms with E-state index in [1.165, 1.54) is 4.90 Å². The van der Waals surface area contributed by atoms with Crippen LogP contribution in [-0.2, 0) is 4.79 Å². The molecule has 7 nitrogen and oxygen atoms in total. The third-order valence-corrected chi connectivity index (χ3v) is 4.47. The topological polar surface area (TPSA) is 82.1 Å². The van der Waals surface area contributed by atoms with Gasteiger partial charge in [-0.1, -0.05) is 0 Å². The fraction of sp³-hybridized carbons (Fsp3) is 0.467. The van der Waals surface area contributed by atoms with Gasteiger partial charge in [-0.25, -0.2) is 4.79 Å². The maximum Gasteiger partial charge on any atom is 0.321 e. The van der Waals surface area contributed by atoms with Crippen molar-refractivity contribution in [2.45, 2.75) is 12.1 Å². The van der Waals surface area contributed by atoms with Crippen LogP contribution >= 0.6 is 0 Å². The molecule has 2 aliphatic heterocycles. The maximum absolute atomic E-state index is 12.3. The number of carbonyl (C=O) groups excluding carboxylic acids is 2. The highest BCUT2D eigenvalue weighted by Crippen LogP contribution is 2.31. The number of ether oxygens (including phenoxy) is 1. The molecule has 0 aliphatic carbocycles. The number of nitrogens with zero attached hydrogens (tertiary/aromatic N) is 2. The molecular weight excluding hydrogens is 286 g/mol. The van der Waals surface area contributed by atoms with Crippen molar-refractivity contribution in [1.82, 2.24) is 9.80 Å². The van der Waals surface area contributed by atoms with Crippen LogP contribution in [0.15, 0.2) is 24.3 Å². The summed E-state index contributed by atoms with van der Waals surface area (Å²) in [4.78, 5) is 27.2. The van der Waals surface area contributed by atoms with Crippen molar-refractivity contribution in [2.75, 3.05) is 32.6 Å². The predicted molar refractivity (Wildman–Crippen MR) is 79.6 cm³/mol. The van der Waals surface area contributed by atoms with Crippen molar-refractivity contribution in [1.29, 1.82) is 0 Å². The van der Waals surface area contributed by atoms with Gasteiger partial charge >= 0.3 is 6.03 Å². The van der Waals surface area contributed by atoms with Gasteiger partial charge in [0.05, 0.1) is 13.2 Å². The number of carbonyl (C=O) groups is 2. The highest BCUT2D eigenvalue weighted by molar-refractivity contribution is 5.90. The van der Waals surface area contributed by atoms with Crippen LogP contribution < -0.4 is 10.1 Å². The van der Waals surface area contributed by atoms with Gasteiger partial charge in [-0.3, -0.25) is 4.79 Å². The number of methoxy groups -OCH3 is 1. The Kier molecular flexibility index (Phi) is 3.66. The molecule has 2 saturated heterocycles. The minimum atomic E-state index is -1.01. The number of likely N-dealkylation sites (tertiary alicyclic amines) is 2. The molecule has 0 spiro atoms. The lowest BCUT2D eigenvalue weighted by atomic mass is 10.0. The summed E-state index contributed by atoms with van der Waals surface area (Å²) in [7, 11) is 3.25. The zero-order valence-corrected chi connectivity index (χ0v) is 12.5. The largest absolute Gasteiger partial charge is 0.497 e. The van der Waals surface area contributed by atoms with Crippen LogP contribution in [0.1, 0.15) is 0 Å². The molecule has 1 aromatic carbocycles. The van der Waals surface area contributed by atoms with E-state index in [-0.39, 0.29) is 23.9 Å². The van der Waals surface area contributed by atoms with E-state index in [9.17, 15) is 14.7 Å². The molecule has 0 unspecified atom stereocenters. The molecule has 2 heterocycles. The first-order valence-corrected chi connectivity index (χ1v) is 7.16. The third-order valence-electron chi connectivity index (χ3n) is 4.47. The molecule has 22 heavy (non-hydrogen) atoms. The van der Waals surface area contributed by atoms with Gasteiger partial charge in [-0.05, 0) is 24.3 Å². The minimum Gasteiger partial charge on any atom is -0.497 e. The van der Waals surface area contributed by atoms with Gasteiger partial charge in [0.2, 0.25) is 0 Å². The van der Waals surface area contributed by atoms with E-state index in [0.717, 1.165) is 5.75 Å². The van der Waals surface area contributed by atoms with E-state index in [4.69, 9.17) is 4.74 Å². The van der Waals surface area contributed by atoms with Crippen molar-refractivity contribution in [3.8, 4) is 5.75 Å². The van der Waals surface area contributed by atoms with E-state index >= 15 is 0 Å². The summed E-state index contributed by atoms with van der Waals surface area (Å²) in [6, 6.07) is 6.72. The molecule has 3 rings (SSSR count). The molecule has 2 N–H and O–H groups in total. The second-order valence-electron chi connectivity index (χ2n) is 5.69. The predicted octanol–water partition coefficient (Wildman–Crippen LogP) is 0.360. The molecule has 0 bridgehead atoms. The van der Waals surface area contributed by atoms with E-state index in [1.54, 1.807) is 43.3 Å². The normalized spacial score (nSPS) is 27.0. The number of amides is 3. The van der Waals surface area contributed by atoms with Crippen molar-refractivity contribution in [3.63, 3.8) is 0 Å². The summed E-state index contributed by atoms with van der Waals surface area (Å²) in [5.74, 6) is 0.251. The van der Waals surface area contributed by atoms with Gasteiger partial charge in [-0.2, -0.15) is 0 Å². The standard InChI is InChI=1S/C15H19N3O4/c1-17-12-8-18(7-11(12)13(19)14(17)20)15(21)16-9-3-5-10(22-2)6-4-9/h3-6,11-13,19H,7-8H2,1-2H3,(H,16,21)/t11-,12+,13-/m0/s1. The second kappa shape index (κ2) is 5.49. The zero-order chi connectivity index (χ0) is 15.9. The molecule has 7 heteroatoms. The lowest BCUT2D eigenvalue weighted by Gasteiger charge is -2.21. The number of hydrogen-bond acceptors (Lipinski definition) is 4. The Hall–Kier alpha value is -2.28. The summed E-state index contributed by atoms with van der Waals surface area (Å²) in [5.41, 5.74) is 0.674. The Morgan fingerprint density at radius 2 is 2.00 bits per heavy atom. The van der Waals surface area contributed by atoms with E-state index in [2.05, 4.69) is 5.32 Å². The minimum absolute atomic E-state index is 0.107. The monoisotopic (exact) mass is 305 g/mol. The number of aliphatic hydroxyl groups excluding tert-OH is 1. The molecule has 118 valence electrons. The number of hydrogen-bond donors (Lipinski definition) is 2. The second-order valence-corrected chi connectivity index (χ2v) is 5.69. The van der Waals surface area contributed by atoms with Crippen LogP contribution in [0, 0.1) is 5.92 Å². The van der Waals surface area contributed by atoms with Gasteiger partial charge in [0.1, 0.15) is 11.9 Å². The molecule has 3 atom stereocenters. The SMILES string of the molecule is COc1ccc(NC(=O)N2C[C@@H]3[C@H](O)C(=O)N(C)[C@@H]3C2)cc1. The van der Waals surface area contributed by atoms with Crippen LogP contribution in [0.25, 0.3) is 0 Å². The molecule has 0 saturated carbocycles. The molecule has 0 aromatic heterocycles. The van der Waals surface area contributed by atoms with Crippen molar-refractivity contribution in [2.24, 2.45) is 5.92 Å². The molecule has 3 amide bonds. The Balaban J connectivity index is 1.63. The summed E-state index contributed by atoms with van der Waals surface area (Å²) in [6.45, 7) is 0.815. The van der Waals surface area contributed by atoms with Crippen molar-refractivity contribution >= 4 is 17.6 Å². The van der Waals surface area contributed by atoms with E-state index in [0.29, 0.717) is 18.8 Å². The van der Waals surface area contributed by atoms with Crippen LogP contribution in [0.4, 0.5) is 10.5 Å². The fourth-order valence-electron chi connectivity index (χ4n) is 3.13. The molecule has 2 aliphatic rings. The number of anilines is 1. The van der Waals surface area contributed by atoms with Gasteiger partial charge < -0.3 is 25.0 Å². The Labute approximate surface area is 128 Å². The third kappa shape index (κ3) is 2.37. The lowest BCUT2D eigenvalue weighted by molar-refractivity contribution is -0.135. The number of urea groups is 1. The highest BCUT2D eigenvalue weighted by atomic mass is 16.5. The van der Waals surface area contributed by atoms with Crippen LogP contribution in [0.3, 0.4) is 0 Å². The average Bonchev–Trinajstić information content (AvgIpc) is 3.05. The van der Waals surface area contributed by atoms with E-state index < -0.39 is 6.10 Å². The number of fused-ring (bicyclic) bond motifs is 1.